The Kier molecular flexibility index (Phi) is 10.6. The van der Waals surface area contributed by atoms with Crippen LogP contribution in [0.1, 0.15) is 23.2 Å². The van der Waals surface area contributed by atoms with Gasteiger partial charge < -0.3 is 19.5 Å². The van der Waals surface area contributed by atoms with Crippen LogP contribution >= 0.6 is 34.8 Å². The van der Waals surface area contributed by atoms with E-state index in [1.165, 1.54) is 7.11 Å². The van der Waals surface area contributed by atoms with Gasteiger partial charge in [-0.25, -0.2) is 0 Å². The van der Waals surface area contributed by atoms with Crippen molar-refractivity contribution in [3.05, 3.63) is 27.3 Å². The zero-order chi connectivity index (χ0) is 20.2. The highest BCUT2D eigenvalue weighted by atomic mass is 127. The molecule has 0 atom stereocenters. The second-order valence-electron chi connectivity index (χ2n) is 5.02. The fourth-order valence-electron chi connectivity index (χ4n) is 1.74. The molecule has 0 aliphatic heterocycles. The number of benzene rings is 1. The molecule has 0 unspecified atom stereocenters. The Hall–Kier alpha value is -1.99. The van der Waals surface area contributed by atoms with Gasteiger partial charge in [0.05, 0.1) is 23.7 Å². The predicted octanol–water partition coefficient (Wildman–Crippen LogP) is 0.905. The van der Waals surface area contributed by atoms with Gasteiger partial charge in [0.2, 0.25) is 5.91 Å². The van der Waals surface area contributed by atoms with Gasteiger partial charge in [-0.2, -0.15) is 0 Å². The lowest BCUT2D eigenvalue weighted by atomic mass is 10.2. The van der Waals surface area contributed by atoms with Crippen LogP contribution in [0.25, 0.3) is 0 Å². The van der Waals surface area contributed by atoms with E-state index in [-0.39, 0.29) is 24.6 Å². The number of carbonyl (C=O) groups is 3. The Morgan fingerprint density at radius 2 is 1.85 bits per heavy atom. The van der Waals surface area contributed by atoms with Gasteiger partial charge in [-0.05, 0) is 53.0 Å². The number of carbonyl (C=O) groups excluding carboxylic acids is 3. The van der Waals surface area contributed by atoms with Crippen LogP contribution in [0.3, 0.4) is 0 Å². The summed E-state index contributed by atoms with van der Waals surface area (Å²) in [5.41, 5.74) is 5.19. The molecule has 0 aromatic heterocycles. The number of hydrogen-bond acceptors (Lipinski definition) is 7. The predicted molar refractivity (Wildman–Crippen MR) is 109 cm³/mol. The number of nitrogens with one attached hydrogen (secondary N) is 3. The standard InChI is InChI=1S/C16H20IN3O6S/c1-24-7-8-26-14(22)6-5-13(21)18-16(27)20-19-15(23)10-3-4-12(25-2)11(17)9-10/h3-4,9H,5-8H2,1-2H3,(H,19,23)(H2,18,20,21,27). The largest absolute Gasteiger partial charge is 0.496 e. The first-order valence-electron chi connectivity index (χ1n) is 7.75. The third kappa shape index (κ3) is 8.97. The van der Waals surface area contributed by atoms with Crippen molar-refractivity contribution in [2.45, 2.75) is 12.8 Å². The molecule has 0 saturated carbocycles. The van der Waals surface area contributed by atoms with Crippen molar-refractivity contribution in [1.82, 2.24) is 16.2 Å². The number of thiocarbonyl (C=S) groups is 1. The molecule has 3 N–H and O–H groups in total. The second-order valence-corrected chi connectivity index (χ2v) is 6.59. The lowest BCUT2D eigenvalue weighted by Crippen LogP contribution is -2.48. The Bertz CT molecular complexity index is 701. The normalized spacial score (nSPS) is 9.89. The number of rotatable bonds is 8. The molecule has 0 fully saturated rings. The smallest absolute Gasteiger partial charge is 0.306 e. The molecule has 0 aliphatic rings. The summed E-state index contributed by atoms with van der Waals surface area (Å²) in [4.78, 5) is 35.2. The first kappa shape index (κ1) is 23.0. The van der Waals surface area contributed by atoms with Crippen LogP contribution in [0.15, 0.2) is 18.2 Å². The molecule has 148 valence electrons. The molecule has 11 heteroatoms. The molecule has 1 aromatic carbocycles. The summed E-state index contributed by atoms with van der Waals surface area (Å²) < 4.78 is 15.5. The zero-order valence-corrected chi connectivity index (χ0v) is 17.8. The highest BCUT2D eigenvalue weighted by molar-refractivity contribution is 14.1. The molecular weight excluding hydrogens is 489 g/mol. The molecule has 0 bridgehead atoms. The molecule has 0 aliphatic carbocycles. The third-order valence-corrected chi connectivity index (χ3v) is 4.11. The molecule has 27 heavy (non-hydrogen) atoms. The van der Waals surface area contributed by atoms with Gasteiger partial charge in [0.15, 0.2) is 5.11 Å². The fraction of sp³-hybridized carbons (Fsp3) is 0.375. The van der Waals surface area contributed by atoms with Crippen molar-refractivity contribution in [2.24, 2.45) is 0 Å². The minimum absolute atomic E-state index is 0.0885. The van der Waals surface area contributed by atoms with Crippen molar-refractivity contribution >= 4 is 57.7 Å². The SMILES string of the molecule is COCCOC(=O)CCC(=O)NC(=S)NNC(=O)c1ccc(OC)c(I)c1. The number of amides is 2. The Morgan fingerprint density at radius 1 is 1.11 bits per heavy atom. The van der Waals surface area contributed by atoms with Gasteiger partial charge >= 0.3 is 5.97 Å². The number of hydrazine groups is 1. The van der Waals surface area contributed by atoms with Crippen LogP contribution in [0.5, 0.6) is 5.75 Å². The number of halogens is 1. The summed E-state index contributed by atoms with van der Waals surface area (Å²) in [7, 11) is 3.03. The molecule has 0 radical (unpaired) electrons. The van der Waals surface area contributed by atoms with E-state index in [4.69, 9.17) is 26.4 Å². The average Bonchev–Trinajstić information content (AvgIpc) is 2.64. The average molecular weight is 509 g/mol. The topological polar surface area (TPSA) is 115 Å². The van der Waals surface area contributed by atoms with Crippen LogP contribution in [-0.2, 0) is 19.1 Å². The Balaban J connectivity index is 2.33. The maximum Gasteiger partial charge on any atom is 0.306 e. The van der Waals surface area contributed by atoms with Crippen LogP contribution < -0.4 is 20.9 Å². The molecular formula is C16H20IN3O6S. The Morgan fingerprint density at radius 3 is 2.48 bits per heavy atom. The minimum atomic E-state index is -0.511. The molecule has 0 spiro atoms. The fourth-order valence-corrected chi connectivity index (χ4v) is 2.64. The molecule has 2 amide bonds. The number of esters is 1. The van der Waals surface area contributed by atoms with Gasteiger partial charge in [-0.1, -0.05) is 0 Å². The van der Waals surface area contributed by atoms with Crippen molar-refractivity contribution < 1.29 is 28.6 Å². The minimum Gasteiger partial charge on any atom is -0.496 e. The summed E-state index contributed by atoms with van der Waals surface area (Å²) in [6, 6.07) is 4.91. The quantitative estimate of drug-likeness (QED) is 0.156. The highest BCUT2D eigenvalue weighted by Gasteiger charge is 2.11. The van der Waals surface area contributed by atoms with E-state index in [2.05, 4.69) is 16.2 Å². The monoisotopic (exact) mass is 509 g/mol. The van der Waals surface area contributed by atoms with Gasteiger partial charge in [0.25, 0.3) is 5.91 Å². The summed E-state index contributed by atoms with van der Waals surface area (Å²) in [6.07, 6.45) is -0.187. The van der Waals surface area contributed by atoms with Crippen molar-refractivity contribution in [1.29, 1.82) is 0 Å². The summed E-state index contributed by atoms with van der Waals surface area (Å²) in [5, 5.41) is 2.26. The maximum absolute atomic E-state index is 12.1. The molecule has 9 nitrogen and oxygen atoms in total. The molecule has 0 heterocycles. The van der Waals surface area contributed by atoms with Gasteiger partial charge in [0, 0.05) is 19.1 Å². The van der Waals surface area contributed by atoms with E-state index in [0.29, 0.717) is 17.9 Å². The van der Waals surface area contributed by atoms with Crippen molar-refractivity contribution in [3.8, 4) is 5.75 Å². The number of ether oxygens (including phenoxy) is 3. The van der Waals surface area contributed by atoms with E-state index in [1.54, 1.807) is 25.3 Å². The van der Waals surface area contributed by atoms with Crippen LogP contribution in [-0.4, -0.2) is 50.3 Å². The maximum atomic E-state index is 12.1. The first-order valence-corrected chi connectivity index (χ1v) is 9.24. The lowest BCUT2D eigenvalue weighted by molar-refractivity contribution is -0.146. The molecule has 1 rings (SSSR count). The summed E-state index contributed by atoms with van der Waals surface area (Å²) >= 11 is 6.97. The zero-order valence-electron chi connectivity index (χ0n) is 14.8. The molecule has 0 saturated heterocycles. The Labute approximate surface area is 175 Å². The second kappa shape index (κ2) is 12.4. The summed E-state index contributed by atoms with van der Waals surface area (Å²) in [5.74, 6) is -0.773. The van der Waals surface area contributed by atoms with Gasteiger partial charge in [-0.15, -0.1) is 0 Å². The lowest BCUT2D eigenvalue weighted by Gasteiger charge is -2.11. The van der Waals surface area contributed by atoms with Crippen molar-refractivity contribution in [3.63, 3.8) is 0 Å². The third-order valence-electron chi connectivity index (χ3n) is 3.06. The highest BCUT2D eigenvalue weighted by Crippen LogP contribution is 2.21. The summed E-state index contributed by atoms with van der Waals surface area (Å²) in [6.45, 7) is 0.423. The number of hydrogen-bond donors (Lipinski definition) is 3. The van der Waals surface area contributed by atoms with E-state index < -0.39 is 17.8 Å². The van der Waals surface area contributed by atoms with Crippen LogP contribution in [0.4, 0.5) is 0 Å². The van der Waals surface area contributed by atoms with E-state index in [9.17, 15) is 14.4 Å². The van der Waals surface area contributed by atoms with Gasteiger partial charge in [0.1, 0.15) is 12.4 Å². The number of methoxy groups -OCH3 is 2. The van der Waals surface area contributed by atoms with Crippen molar-refractivity contribution in [2.75, 3.05) is 27.4 Å². The first-order chi connectivity index (χ1) is 12.9. The van der Waals surface area contributed by atoms with E-state index >= 15 is 0 Å². The van der Waals surface area contributed by atoms with Crippen LogP contribution in [0, 0.1) is 3.57 Å². The van der Waals surface area contributed by atoms with E-state index in [0.717, 1.165) is 3.57 Å². The molecule has 1 aromatic rings. The van der Waals surface area contributed by atoms with Crippen LogP contribution in [0.2, 0.25) is 0 Å². The van der Waals surface area contributed by atoms with E-state index in [1.807, 2.05) is 22.6 Å². The van der Waals surface area contributed by atoms with Gasteiger partial charge in [-0.3, -0.25) is 25.2 Å².